The standard InChI is InChI=1S/C22H28N4O4S/c1-3-31(28,29)26-6-4-14(5-7-26)20-12-25-21-18(20)9-15(10-19(21)22(23)27)16-8-17(11-24-2)30-13-16/h8-10,12-14,24-25H,3-7,11H2,1-2H3,(H2,23,27). The molecule has 9 heteroatoms. The van der Waals surface area contributed by atoms with Crippen LogP contribution in [0.1, 0.15) is 47.4 Å². The van der Waals surface area contributed by atoms with Crippen LogP contribution in [0.2, 0.25) is 0 Å². The van der Waals surface area contributed by atoms with Crippen LogP contribution >= 0.6 is 0 Å². The average molecular weight is 445 g/mol. The van der Waals surface area contributed by atoms with E-state index in [-0.39, 0.29) is 11.7 Å². The molecule has 0 spiro atoms. The van der Waals surface area contributed by atoms with Crippen molar-refractivity contribution < 1.29 is 17.6 Å². The number of hydrogen-bond acceptors (Lipinski definition) is 5. The number of carbonyl (C=O) groups is 1. The van der Waals surface area contributed by atoms with E-state index in [4.69, 9.17) is 10.2 Å². The number of furan rings is 1. The summed E-state index contributed by atoms with van der Waals surface area (Å²) < 4.78 is 31.6. The predicted molar refractivity (Wildman–Crippen MR) is 120 cm³/mol. The number of fused-ring (bicyclic) bond motifs is 1. The molecule has 4 rings (SSSR count). The first kappa shape index (κ1) is 21.6. The van der Waals surface area contributed by atoms with Crippen molar-refractivity contribution in [1.82, 2.24) is 14.6 Å². The molecule has 0 aliphatic carbocycles. The Labute approximate surface area is 181 Å². The summed E-state index contributed by atoms with van der Waals surface area (Å²) in [5.74, 6) is 0.633. The van der Waals surface area contributed by atoms with Crippen LogP contribution in [-0.4, -0.2) is 49.5 Å². The summed E-state index contributed by atoms with van der Waals surface area (Å²) in [5, 5.41) is 4.00. The van der Waals surface area contributed by atoms with Crippen molar-refractivity contribution in [3.8, 4) is 11.1 Å². The molecule has 0 unspecified atom stereocenters. The smallest absolute Gasteiger partial charge is 0.250 e. The second-order valence-corrected chi connectivity index (χ2v) is 10.2. The number of nitrogens with two attached hydrogens (primary N) is 1. The number of amides is 1. The Bertz CT molecular complexity index is 1200. The lowest BCUT2D eigenvalue weighted by Crippen LogP contribution is -2.38. The maximum atomic E-state index is 12.2. The SMILES string of the molecule is CCS(=O)(=O)N1CCC(c2c[nH]c3c(C(N)=O)cc(-c4coc(CNC)c4)cc23)CC1. The van der Waals surface area contributed by atoms with E-state index in [2.05, 4.69) is 16.4 Å². The Balaban J connectivity index is 1.71. The number of H-pyrrole nitrogens is 1. The maximum absolute atomic E-state index is 12.2. The Morgan fingerprint density at radius 2 is 2.00 bits per heavy atom. The van der Waals surface area contributed by atoms with Gasteiger partial charge in [-0.1, -0.05) is 0 Å². The minimum absolute atomic E-state index is 0.121. The molecule has 0 atom stereocenters. The second kappa shape index (κ2) is 8.49. The summed E-state index contributed by atoms with van der Waals surface area (Å²) in [5.41, 5.74) is 9.66. The van der Waals surface area contributed by atoms with E-state index in [1.165, 1.54) is 0 Å². The summed E-state index contributed by atoms with van der Waals surface area (Å²) in [6.07, 6.45) is 5.08. The van der Waals surface area contributed by atoms with Gasteiger partial charge in [0.1, 0.15) is 5.76 Å². The zero-order valence-corrected chi connectivity index (χ0v) is 18.6. The monoisotopic (exact) mass is 444 g/mol. The van der Waals surface area contributed by atoms with Gasteiger partial charge in [0.15, 0.2) is 0 Å². The third-order valence-corrected chi connectivity index (χ3v) is 7.96. The van der Waals surface area contributed by atoms with Crippen LogP contribution in [0.4, 0.5) is 0 Å². The van der Waals surface area contributed by atoms with Crippen LogP contribution in [0.3, 0.4) is 0 Å². The van der Waals surface area contributed by atoms with Crippen LogP contribution in [0.5, 0.6) is 0 Å². The van der Waals surface area contributed by atoms with E-state index in [1.807, 2.05) is 19.3 Å². The molecule has 3 heterocycles. The number of aromatic nitrogens is 1. The summed E-state index contributed by atoms with van der Waals surface area (Å²) in [4.78, 5) is 15.4. The Hall–Kier alpha value is -2.62. The fourth-order valence-electron chi connectivity index (χ4n) is 4.38. The highest BCUT2D eigenvalue weighted by Crippen LogP contribution is 2.37. The van der Waals surface area contributed by atoms with Crippen molar-refractivity contribution in [1.29, 1.82) is 0 Å². The fraction of sp³-hybridized carbons (Fsp3) is 0.409. The third kappa shape index (κ3) is 4.13. The van der Waals surface area contributed by atoms with Gasteiger partial charge in [0, 0.05) is 30.2 Å². The summed E-state index contributed by atoms with van der Waals surface area (Å²) in [6.45, 7) is 3.29. The molecule has 8 nitrogen and oxygen atoms in total. The van der Waals surface area contributed by atoms with Crippen molar-refractivity contribution in [2.75, 3.05) is 25.9 Å². The van der Waals surface area contributed by atoms with Crippen LogP contribution in [0.25, 0.3) is 22.0 Å². The first-order valence-electron chi connectivity index (χ1n) is 10.5. The first-order chi connectivity index (χ1) is 14.8. The normalized spacial score (nSPS) is 16.2. The molecular weight excluding hydrogens is 416 g/mol. The van der Waals surface area contributed by atoms with E-state index < -0.39 is 15.9 Å². The number of benzene rings is 1. The molecule has 0 bridgehead atoms. The van der Waals surface area contributed by atoms with Crippen molar-refractivity contribution in [3.05, 3.63) is 47.5 Å². The highest BCUT2D eigenvalue weighted by molar-refractivity contribution is 7.89. The van der Waals surface area contributed by atoms with Gasteiger partial charge in [-0.15, -0.1) is 0 Å². The highest BCUT2D eigenvalue weighted by Gasteiger charge is 2.29. The average Bonchev–Trinajstić information content (AvgIpc) is 3.40. The first-order valence-corrected chi connectivity index (χ1v) is 12.1. The van der Waals surface area contributed by atoms with Gasteiger partial charge in [0.05, 0.1) is 29.6 Å². The number of nitrogens with one attached hydrogen (secondary N) is 2. The summed E-state index contributed by atoms with van der Waals surface area (Å²) in [7, 11) is -1.32. The Morgan fingerprint density at radius 3 is 2.65 bits per heavy atom. The van der Waals surface area contributed by atoms with E-state index in [9.17, 15) is 13.2 Å². The van der Waals surface area contributed by atoms with E-state index in [0.29, 0.717) is 30.7 Å². The van der Waals surface area contributed by atoms with Crippen molar-refractivity contribution >= 4 is 26.8 Å². The molecule has 166 valence electrons. The van der Waals surface area contributed by atoms with Gasteiger partial charge in [-0.3, -0.25) is 4.79 Å². The van der Waals surface area contributed by atoms with Gasteiger partial charge in [-0.05, 0) is 62.1 Å². The summed E-state index contributed by atoms with van der Waals surface area (Å²) >= 11 is 0. The van der Waals surface area contributed by atoms with Crippen LogP contribution in [0, 0.1) is 0 Å². The van der Waals surface area contributed by atoms with Crippen molar-refractivity contribution in [2.24, 2.45) is 5.73 Å². The zero-order chi connectivity index (χ0) is 22.2. The van der Waals surface area contributed by atoms with E-state index >= 15 is 0 Å². The van der Waals surface area contributed by atoms with Gasteiger partial charge in [0.25, 0.3) is 5.91 Å². The molecule has 1 amide bonds. The third-order valence-electron chi connectivity index (χ3n) is 6.08. The number of nitrogens with zero attached hydrogens (tertiary/aromatic N) is 1. The molecule has 0 saturated carbocycles. The van der Waals surface area contributed by atoms with Crippen LogP contribution in [0.15, 0.2) is 35.1 Å². The largest absolute Gasteiger partial charge is 0.467 e. The molecule has 2 aromatic heterocycles. The molecule has 3 aromatic rings. The van der Waals surface area contributed by atoms with Crippen molar-refractivity contribution in [2.45, 2.75) is 32.2 Å². The molecule has 4 N–H and O–H groups in total. The number of rotatable bonds is 7. The maximum Gasteiger partial charge on any atom is 0.250 e. The zero-order valence-electron chi connectivity index (χ0n) is 17.8. The lowest BCUT2D eigenvalue weighted by molar-refractivity contribution is 0.100. The van der Waals surface area contributed by atoms with Crippen LogP contribution < -0.4 is 11.1 Å². The van der Waals surface area contributed by atoms with Crippen molar-refractivity contribution in [3.63, 3.8) is 0 Å². The number of primary amides is 1. The fourth-order valence-corrected chi connectivity index (χ4v) is 5.51. The Morgan fingerprint density at radius 1 is 1.26 bits per heavy atom. The number of hydrogen-bond donors (Lipinski definition) is 3. The van der Waals surface area contributed by atoms with Crippen LogP contribution in [-0.2, 0) is 16.6 Å². The quantitative estimate of drug-likeness (QED) is 0.517. The summed E-state index contributed by atoms with van der Waals surface area (Å²) in [6, 6.07) is 5.79. The number of aromatic amines is 1. The molecule has 0 radical (unpaired) electrons. The van der Waals surface area contributed by atoms with E-state index in [1.54, 1.807) is 23.6 Å². The van der Waals surface area contributed by atoms with Gasteiger partial charge < -0.3 is 20.5 Å². The minimum Gasteiger partial charge on any atom is -0.467 e. The number of sulfonamides is 1. The molecule has 31 heavy (non-hydrogen) atoms. The van der Waals surface area contributed by atoms with Gasteiger partial charge in [-0.2, -0.15) is 0 Å². The number of piperidine rings is 1. The molecule has 1 aliphatic rings. The molecule has 1 saturated heterocycles. The van der Waals surface area contributed by atoms with Gasteiger partial charge >= 0.3 is 0 Å². The molecule has 1 aliphatic heterocycles. The molecular formula is C22H28N4O4S. The lowest BCUT2D eigenvalue weighted by Gasteiger charge is -2.31. The Kier molecular flexibility index (Phi) is 5.92. The topological polar surface area (TPSA) is 121 Å². The minimum atomic E-state index is -3.17. The molecule has 1 aromatic carbocycles. The van der Waals surface area contributed by atoms with Gasteiger partial charge in [0.2, 0.25) is 10.0 Å². The second-order valence-electron chi connectivity index (χ2n) is 7.96. The molecule has 1 fully saturated rings. The number of carbonyl (C=O) groups excluding carboxylic acids is 1. The van der Waals surface area contributed by atoms with E-state index in [0.717, 1.165) is 40.7 Å². The highest BCUT2D eigenvalue weighted by atomic mass is 32.2. The van der Waals surface area contributed by atoms with Gasteiger partial charge in [-0.25, -0.2) is 12.7 Å². The predicted octanol–water partition coefficient (Wildman–Crippen LogP) is 2.78. The lowest BCUT2D eigenvalue weighted by atomic mass is 9.88.